The summed E-state index contributed by atoms with van der Waals surface area (Å²) in [6.45, 7) is 5.28. The predicted molar refractivity (Wildman–Crippen MR) is 126 cm³/mol. The van der Waals surface area contributed by atoms with Crippen LogP contribution in [0.5, 0.6) is 0 Å². The molecule has 3 rings (SSSR count). The largest absolute Gasteiger partial charge is 0.303 e. The Hall–Kier alpha value is -2.18. The van der Waals surface area contributed by atoms with Gasteiger partial charge < -0.3 is 4.90 Å². The molecule has 2 nitrogen and oxygen atoms in total. The van der Waals surface area contributed by atoms with Crippen molar-refractivity contribution in [3.63, 3.8) is 0 Å². The first kappa shape index (κ1) is 23.5. The first-order chi connectivity index (χ1) is 15.2. The number of hydrogen-bond donors (Lipinski definition) is 0. The van der Waals surface area contributed by atoms with Crippen LogP contribution in [-0.2, 0) is 11.8 Å². The highest BCUT2D eigenvalue weighted by Crippen LogP contribution is 2.44. The molecular formula is C28H37FN2. The summed E-state index contributed by atoms with van der Waals surface area (Å²) in [4.78, 5) is 2.51. The standard InChI is InChI=1S/C28H37FN2/c1-2-20-31(22-18-24-12-5-3-6-13-24)21-11-19-28(23-30,25-14-7-4-8-15-25)26-16-9-10-17-27(26)29/h3,5-6,9-10,12-13,16-17,25H,2,4,7-8,11,14-15,18-22H2,1H3. The minimum absolute atomic E-state index is 0.218. The van der Waals surface area contributed by atoms with E-state index < -0.39 is 5.41 Å². The molecular weight excluding hydrogens is 383 g/mol. The summed E-state index contributed by atoms with van der Waals surface area (Å²) in [7, 11) is 0. The highest BCUT2D eigenvalue weighted by atomic mass is 19.1. The molecule has 1 aliphatic rings. The third kappa shape index (κ3) is 6.17. The van der Waals surface area contributed by atoms with Crippen molar-refractivity contribution in [3.05, 3.63) is 71.5 Å². The van der Waals surface area contributed by atoms with Gasteiger partial charge >= 0.3 is 0 Å². The molecule has 0 heterocycles. The van der Waals surface area contributed by atoms with Gasteiger partial charge in [-0.15, -0.1) is 0 Å². The Morgan fingerprint density at radius 3 is 2.35 bits per heavy atom. The van der Waals surface area contributed by atoms with E-state index in [2.05, 4.69) is 48.2 Å². The van der Waals surface area contributed by atoms with Crippen LogP contribution < -0.4 is 0 Å². The van der Waals surface area contributed by atoms with Crippen LogP contribution in [0.15, 0.2) is 54.6 Å². The fourth-order valence-electron chi connectivity index (χ4n) is 5.35. The molecule has 1 atom stereocenters. The van der Waals surface area contributed by atoms with Gasteiger partial charge in [0, 0.05) is 12.1 Å². The second-order valence-corrected chi connectivity index (χ2v) is 9.08. The van der Waals surface area contributed by atoms with Crippen LogP contribution in [0.2, 0.25) is 0 Å². The van der Waals surface area contributed by atoms with Crippen LogP contribution >= 0.6 is 0 Å². The van der Waals surface area contributed by atoms with Crippen molar-refractivity contribution in [3.8, 4) is 6.07 Å². The Morgan fingerprint density at radius 2 is 1.68 bits per heavy atom. The Labute approximate surface area is 188 Å². The number of rotatable bonds is 11. The molecule has 0 radical (unpaired) electrons. The molecule has 2 aromatic rings. The van der Waals surface area contributed by atoms with Crippen molar-refractivity contribution in [2.45, 2.75) is 70.1 Å². The molecule has 1 unspecified atom stereocenters. The molecule has 0 amide bonds. The molecule has 0 spiro atoms. The van der Waals surface area contributed by atoms with Gasteiger partial charge in [-0.25, -0.2) is 4.39 Å². The van der Waals surface area contributed by atoms with Crippen molar-refractivity contribution < 1.29 is 4.39 Å². The molecule has 0 N–H and O–H groups in total. The molecule has 166 valence electrons. The zero-order valence-corrected chi connectivity index (χ0v) is 19.0. The lowest BCUT2D eigenvalue weighted by molar-refractivity contribution is 0.211. The molecule has 1 fully saturated rings. The van der Waals surface area contributed by atoms with Crippen molar-refractivity contribution >= 4 is 0 Å². The van der Waals surface area contributed by atoms with Gasteiger partial charge in [0.1, 0.15) is 5.82 Å². The number of nitrogens with zero attached hydrogens (tertiary/aromatic N) is 2. The highest BCUT2D eigenvalue weighted by Gasteiger charge is 2.42. The van der Waals surface area contributed by atoms with Crippen LogP contribution in [0, 0.1) is 23.1 Å². The maximum absolute atomic E-state index is 14.9. The maximum Gasteiger partial charge on any atom is 0.128 e. The Kier molecular flexibility index (Phi) is 9.10. The molecule has 1 aliphatic carbocycles. The van der Waals surface area contributed by atoms with E-state index in [1.807, 2.05) is 12.1 Å². The summed E-state index contributed by atoms with van der Waals surface area (Å²) in [5.74, 6) is 0.0382. The van der Waals surface area contributed by atoms with E-state index in [1.165, 1.54) is 18.1 Å². The zero-order chi connectivity index (χ0) is 21.9. The smallest absolute Gasteiger partial charge is 0.128 e. The van der Waals surface area contributed by atoms with Crippen LogP contribution in [0.1, 0.15) is 69.4 Å². The van der Waals surface area contributed by atoms with E-state index in [1.54, 1.807) is 6.07 Å². The minimum atomic E-state index is -0.705. The highest BCUT2D eigenvalue weighted by molar-refractivity contribution is 5.35. The number of nitriles is 1. The summed E-state index contributed by atoms with van der Waals surface area (Å²) in [5.41, 5.74) is 1.28. The quantitative estimate of drug-likeness (QED) is 0.395. The third-order valence-corrected chi connectivity index (χ3v) is 7.00. The van der Waals surface area contributed by atoms with E-state index in [0.717, 1.165) is 71.0 Å². The fraction of sp³-hybridized carbons (Fsp3) is 0.536. The van der Waals surface area contributed by atoms with Gasteiger partial charge in [-0.1, -0.05) is 74.7 Å². The maximum atomic E-state index is 14.9. The van der Waals surface area contributed by atoms with E-state index in [9.17, 15) is 9.65 Å². The van der Waals surface area contributed by atoms with E-state index >= 15 is 0 Å². The van der Waals surface area contributed by atoms with E-state index in [0.29, 0.717) is 5.56 Å². The second kappa shape index (κ2) is 12.0. The molecule has 2 aromatic carbocycles. The lowest BCUT2D eigenvalue weighted by atomic mass is 9.63. The predicted octanol–water partition coefficient (Wildman–Crippen LogP) is 6.90. The normalized spacial score (nSPS) is 16.7. The summed E-state index contributed by atoms with van der Waals surface area (Å²) in [5, 5.41) is 10.4. The molecule has 0 aliphatic heterocycles. The average molecular weight is 421 g/mol. The molecule has 3 heteroatoms. The fourth-order valence-corrected chi connectivity index (χ4v) is 5.35. The zero-order valence-electron chi connectivity index (χ0n) is 19.0. The Balaban J connectivity index is 1.70. The number of benzene rings is 2. The number of halogens is 1. The van der Waals surface area contributed by atoms with E-state index in [4.69, 9.17) is 0 Å². The van der Waals surface area contributed by atoms with Crippen molar-refractivity contribution in [2.75, 3.05) is 19.6 Å². The van der Waals surface area contributed by atoms with Crippen molar-refractivity contribution in [2.24, 2.45) is 5.92 Å². The molecule has 0 saturated heterocycles. The van der Waals surface area contributed by atoms with Crippen LogP contribution in [0.4, 0.5) is 4.39 Å². The van der Waals surface area contributed by atoms with Gasteiger partial charge in [0.2, 0.25) is 0 Å². The summed E-state index contributed by atoms with van der Waals surface area (Å²) in [6.07, 6.45) is 9.44. The Morgan fingerprint density at radius 1 is 0.968 bits per heavy atom. The van der Waals surface area contributed by atoms with E-state index in [-0.39, 0.29) is 11.7 Å². The van der Waals surface area contributed by atoms with Gasteiger partial charge in [-0.2, -0.15) is 5.26 Å². The summed E-state index contributed by atoms with van der Waals surface area (Å²) >= 11 is 0. The molecule has 0 aromatic heterocycles. The SMILES string of the molecule is CCCN(CCCC(C#N)(c1ccccc1F)C1CCCCC1)CCc1ccccc1. The molecule has 1 saturated carbocycles. The van der Waals surface area contributed by atoms with Gasteiger partial charge in [-0.3, -0.25) is 0 Å². The number of hydrogen-bond acceptors (Lipinski definition) is 2. The van der Waals surface area contributed by atoms with Crippen molar-refractivity contribution in [1.29, 1.82) is 5.26 Å². The summed E-state index contributed by atoms with van der Waals surface area (Å²) in [6, 6.07) is 20.3. The third-order valence-electron chi connectivity index (χ3n) is 7.00. The van der Waals surface area contributed by atoms with Gasteiger partial charge in [0.25, 0.3) is 0 Å². The topological polar surface area (TPSA) is 27.0 Å². The van der Waals surface area contributed by atoms with Gasteiger partial charge in [0.15, 0.2) is 0 Å². The monoisotopic (exact) mass is 420 g/mol. The first-order valence-electron chi connectivity index (χ1n) is 12.1. The average Bonchev–Trinajstić information content (AvgIpc) is 2.82. The van der Waals surface area contributed by atoms with Crippen LogP contribution in [-0.4, -0.2) is 24.5 Å². The van der Waals surface area contributed by atoms with Gasteiger partial charge in [-0.05, 0) is 69.2 Å². The first-order valence-corrected chi connectivity index (χ1v) is 12.1. The van der Waals surface area contributed by atoms with Crippen LogP contribution in [0.25, 0.3) is 0 Å². The second-order valence-electron chi connectivity index (χ2n) is 9.08. The lowest BCUT2D eigenvalue weighted by Gasteiger charge is -2.38. The lowest BCUT2D eigenvalue weighted by Crippen LogP contribution is -2.37. The Bertz CT molecular complexity index is 822. The molecule has 31 heavy (non-hydrogen) atoms. The molecule has 0 bridgehead atoms. The van der Waals surface area contributed by atoms with Gasteiger partial charge in [0.05, 0.1) is 11.5 Å². The summed E-state index contributed by atoms with van der Waals surface area (Å²) < 4.78 is 14.9. The van der Waals surface area contributed by atoms with Crippen molar-refractivity contribution in [1.82, 2.24) is 4.90 Å². The minimum Gasteiger partial charge on any atom is -0.303 e. The van der Waals surface area contributed by atoms with Crippen LogP contribution in [0.3, 0.4) is 0 Å².